The number of methoxy groups -OCH3 is 1. The van der Waals surface area contributed by atoms with Crippen molar-refractivity contribution in [2.45, 2.75) is 13.3 Å². The van der Waals surface area contributed by atoms with Crippen molar-refractivity contribution in [1.29, 1.82) is 0 Å². The molecular formula is C16H17BrN2O2. The van der Waals surface area contributed by atoms with Gasteiger partial charge in [0.1, 0.15) is 5.75 Å². The fourth-order valence-electron chi connectivity index (χ4n) is 2.07. The number of amides is 1. The number of ether oxygens (including phenoxy) is 1. The molecule has 2 aromatic carbocycles. The van der Waals surface area contributed by atoms with E-state index in [1.165, 1.54) is 7.11 Å². The summed E-state index contributed by atoms with van der Waals surface area (Å²) in [6.45, 7) is 2.04. The first kappa shape index (κ1) is 15.4. The van der Waals surface area contributed by atoms with Crippen molar-refractivity contribution in [3.63, 3.8) is 0 Å². The van der Waals surface area contributed by atoms with E-state index in [2.05, 4.69) is 21.2 Å². The first-order valence-electron chi connectivity index (χ1n) is 6.58. The number of aryl methyl sites for hydroxylation is 1. The molecule has 1 amide bonds. The van der Waals surface area contributed by atoms with E-state index >= 15 is 0 Å². The highest BCUT2D eigenvalue weighted by atomic mass is 79.9. The Morgan fingerprint density at radius 1 is 1.29 bits per heavy atom. The summed E-state index contributed by atoms with van der Waals surface area (Å²) in [5.41, 5.74) is 8.53. The molecule has 2 aromatic rings. The zero-order chi connectivity index (χ0) is 15.4. The molecule has 0 aliphatic rings. The van der Waals surface area contributed by atoms with Gasteiger partial charge in [-0.2, -0.15) is 0 Å². The zero-order valence-electron chi connectivity index (χ0n) is 11.9. The largest absolute Gasteiger partial charge is 0.496 e. The van der Waals surface area contributed by atoms with E-state index in [1.807, 2.05) is 25.1 Å². The van der Waals surface area contributed by atoms with E-state index in [9.17, 15) is 4.79 Å². The Hall–Kier alpha value is -2.01. The molecule has 21 heavy (non-hydrogen) atoms. The van der Waals surface area contributed by atoms with Crippen molar-refractivity contribution in [3.8, 4) is 5.75 Å². The first-order valence-corrected chi connectivity index (χ1v) is 7.37. The molecule has 0 aliphatic heterocycles. The maximum absolute atomic E-state index is 12.4. The topological polar surface area (TPSA) is 64.4 Å². The van der Waals surface area contributed by atoms with Crippen LogP contribution >= 0.6 is 15.9 Å². The number of carbonyl (C=O) groups is 1. The van der Waals surface area contributed by atoms with E-state index in [-0.39, 0.29) is 5.91 Å². The van der Waals surface area contributed by atoms with Gasteiger partial charge in [0.15, 0.2) is 0 Å². The van der Waals surface area contributed by atoms with Crippen molar-refractivity contribution in [2.75, 3.05) is 18.2 Å². The monoisotopic (exact) mass is 348 g/mol. The SMILES string of the molecule is CCc1cc(Br)ccc1NC(=O)c1cc(N)ccc1OC. The lowest BCUT2D eigenvalue weighted by Gasteiger charge is -2.13. The lowest BCUT2D eigenvalue weighted by atomic mass is 10.1. The molecule has 3 N–H and O–H groups in total. The van der Waals surface area contributed by atoms with Crippen LogP contribution in [0.15, 0.2) is 40.9 Å². The molecule has 110 valence electrons. The summed E-state index contributed by atoms with van der Waals surface area (Å²) >= 11 is 3.43. The molecule has 4 nitrogen and oxygen atoms in total. The van der Waals surface area contributed by atoms with Gasteiger partial charge in [-0.25, -0.2) is 0 Å². The quantitative estimate of drug-likeness (QED) is 0.824. The highest BCUT2D eigenvalue weighted by molar-refractivity contribution is 9.10. The van der Waals surface area contributed by atoms with E-state index in [0.29, 0.717) is 17.0 Å². The summed E-state index contributed by atoms with van der Waals surface area (Å²) in [6.07, 6.45) is 0.823. The van der Waals surface area contributed by atoms with Crippen LogP contribution in [0.25, 0.3) is 0 Å². The number of hydrogen-bond donors (Lipinski definition) is 2. The summed E-state index contributed by atoms with van der Waals surface area (Å²) in [6, 6.07) is 10.8. The number of nitrogen functional groups attached to an aromatic ring is 1. The second kappa shape index (κ2) is 6.63. The standard InChI is InChI=1S/C16H17BrN2O2/c1-3-10-8-11(17)4-6-14(10)19-16(20)13-9-12(18)5-7-15(13)21-2/h4-9H,3,18H2,1-2H3,(H,19,20). The second-order valence-corrected chi connectivity index (χ2v) is 5.48. The van der Waals surface area contributed by atoms with Crippen molar-refractivity contribution in [3.05, 3.63) is 52.0 Å². The third-order valence-electron chi connectivity index (χ3n) is 3.16. The smallest absolute Gasteiger partial charge is 0.259 e. The van der Waals surface area contributed by atoms with Crippen LogP contribution in [0.5, 0.6) is 5.75 Å². The van der Waals surface area contributed by atoms with Crippen LogP contribution in [0, 0.1) is 0 Å². The van der Waals surface area contributed by atoms with E-state index < -0.39 is 0 Å². The molecule has 0 atom stereocenters. The van der Waals surface area contributed by atoms with Crippen LogP contribution in [0.1, 0.15) is 22.8 Å². The Bertz CT molecular complexity index is 671. The van der Waals surface area contributed by atoms with Crippen LogP contribution in [0.2, 0.25) is 0 Å². The Balaban J connectivity index is 2.32. The van der Waals surface area contributed by atoms with Gasteiger partial charge in [0.05, 0.1) is 12.7 Å². The van der Waals surface area contributed by atoms with E-state index in [0.717, 1.165) is 22.1 Å². The first-order chi connectivity index (χ1) is 10.0. The average molecular weight is 349 g/mol. The third-order valence-corrected chi connectivity index (χ3v) is 3.66. The molecule has 0 aromatic heterocycles. The van der Waals surface area contributed by atoms with Crippen molar-refractivity contribution >= 4 is 33.2 Å². The van der Waals surface area contributed by atoms with Crippen LogP contribution < -0.4 is 15.8 Å². The molecule has 0 saturated carbocycles. The molecule has 0 aliphatic carbocycles. The molecule has 0 fully saturated rings. The van der Waals surface area contributed by atoms with Crippen LogP contribution in [-0.2, 0) is 6.42 Å². The number of nitrogens with one attached hydrogen (secondary N) is 1. The molecule has 0 radical (unpaired) electrons. The Morgan fingerprint density at radius 2 is 2.05 bits per heavy atom. The molecule has 0 heterocycles. The number of anilines is 2. The Kier molecular flexibility index (Phi) is 4.85. The molecule has 0 bridgehead atoms. The van der Waals surface area contributed by atoms with Gasteiger partial charge in [0.2, 0.25) is 0 Å². The highest BCUT2D eigenvalue weighted by Gasteiger charge is 2.14. The summed E-state index contributed by atoms with van der Waals surface area (Å²) in [4.78, 5) is 12.4. The zero-order valence-corrected chi connectivity index (χ0v) is 13.5. The molecule has 0 saturated heterocycles. The minimum absolute atomic E-state index is 0.240. The third kappa shape index (κ3) is 3.55. The van der Waals surface area contributed by atoms with Crippen LogP contribution in [0.3, 0.4) is 0 Å². The number of nitrogens with two attached hydrogens (primary N) is 1. The van der Waals surface area contributed by atoms with Gasteiger partial charge in [-0.1, -0.05) is 22.9 Å². The molecular weight excluding hydrogens is 332 g/mol. The van der Waals surface area contributed by atoms with E-state index in [1.54, 1.807) is 18.2 Å². The Morgan fingerprint density at radius 3 is 2.71 bits per heavy atom. The van der Waals surface area contributed by atoms with Gasteiger partial charge < -0.3 is 15.8 Å². The number of halogens is 1. The summed E-state index contributed by atoms with van der Waals surface area (Å²) in [5.74, 6) is 0.257. The van der Waals surface area contributed by atoms with Gasteiger partial charge >= 0.3 is 0 Å². The number of benzene rings is 2. The maximum Gasteiger partial charge on any atom is 0.259 e. The highest BCUT2D eigenvalue weighted by Crippen LogP contribution is 2.25. The molecule has 0 spiro atoms. The molecule has 0 unspecified atom stereocenters. The molecule has 5 heteroatoms. The van der Waals surface area contributed by atoms with Crippen LogP contribution in [0.4, 0.5) is 11.4 Å². The summed E-state index contributed by atoms with van der Waals surface area (Å²) < 4.78 is 6.20. The van der Waals surface area contributed by atoms with Crippen LogP contribution in [-0.4, -0.2) is 13.0 Å². The van der Waals surface area contributed by atoms with E-state index in [4.69, 9.17) is 10.5 Å². The predicted molar refractivity (Wildman–Crippen MR) is 88.9 cm³/mol. The number of rotatable bonds is 4. The summed E-state index contributed by atoms with van der Waals surface area (Å²) in [5, 5.41) is 2.91. The number of carbonyl (C=O) groups excluding carboxylic acids is 1. The lowest BCUT2D eigenvalue weighted by molar-refractivity contribution is 0.102. The summed E-state index contributed by atoms with van der Waals surface area (Å²) in [7, 11) is 1.53. The second-order valence-electron chi connectivity index (χ2n) is 4.57. The fraction of sp³-hybridized carbons (Fsp3) is 0.188. The lowest BCUT2D eigenvalue weighted by Crippen LogP contribution is -2.14. The van der Waals surface area contributed by atoms with Crippen molar-refractivity contribution < 1.29 is 9.53 Å². The maximum atomic E-state index is 12.4. The van der Waals surface area contributed by atoms with Gasteiger partial charge in [-0.3, -0.25) is 4.79 Å². The molecule has 2 rings (SSSR count). The number of hydrogen-bond acceptors (Lipinski definition) is 3. The Labute approximate surface area is 132 Å². The van der Waals surface area contributed by atoms with Crippen molar-refractivity contribution in [1.82, 2.24) is 0 Å². The van der Waals surface area contributed by atoms with Gasteiger partial charge in [-0.15, -0.1) is 0 Å². The minimum atomic E-state index is -0.240. The average Bonchev–Trinajstić information content (AvgIpc) is 2.48. The fourth-order valence-corrected chi connectivity index (χ4v) is 2.48. The van der Waals surface area contributed by atoms with Gasteiger partial charge in [-0.05, 0) is 48.4 Å². The normalized spacial score (nSPS) is 10.2. The minimum Gasteiger partial charge on any atom is -0.496 e. The van der Waals surface area contributed by atoms with Gasteiger partial charge in [0.25, 0.3) is 5.91 Å². The van der Waals surface area contributed by atoms with Gasteiger partial charge in [0, 0.05) is 15.8 Å². The van der Waals surface area contributed by atoms with Crippen molar-refractivity contribution in [2.24, 2.45) is 0 Å². The predicted octanol–water partition coefficient (Wildman–Crippen LogP) is 3.85.